The van der Waals surface area contributed by atoms with E-state index in [0.717, 1.165) is 18.8 Å². The number of para-hydroxylation sites is 1. The third-order valence-corrected chi connectivity index (χ3v) is 3.71. The van der Waals surface area contributed by atoms with Crippen molar-refractivity contribution in [2.45, 2.75) is 32.4 Å². The predicted octanol–water partition coefficient (Wildman–Crippen LogP) is 2.27. The third kappa shape index (κ3) is 3.47. The molecule has 1 aliphatic heterocycles. The normalized spacial score (nSPS) is 17.9. The van der Waals surface area contributed by atoms with Crippen molar-refractivity contribution >= 4 is 0 Å². The summed E-state index contributed by atoms with van der Waals surface area (Å²) < 4.78 is 5.35. The Morgan fingerprint density at radius 1 is 1.28 bits per heavy atom. The van der Waals surface area contributed by atoms with E-state index in [1.807, 2.05) is 12.1 Å². The summed E-state index contributed by atoms with van der Waals surface area (Å²) in [7, 11) is 1.73. The molecule has 3 heteroatoms. The standard InChI is InChI=1S/C15H24N2O/c1-13(17-9-5-6-10-17)11-16-12-14-7-3-4-8-15(14)18-2/h3-4,7-8,13,16H,5-6,9-12H2,1-2H3. The molecule has 1 aromatic rings. The Kier molecular flexibility index (Phi) is 5.02. The highest BCUT2D eigenvalue weighted by atomic mass is 16.5. The average Bonchev–Trinajstić information content (AvgIpc) is 2.93. The molecule has 1 atom stereocenters. The van der Waals surface area contributed by atoms with Crippen molar-refractivity contribution < 1.29 is 4.74 Å². The summed E-state index contributed by atoms with van der Waals surface area (Å²) in [6.07, 6.45) is 2.72. The van der Waals surface area contributed by atoms with Crippen LogP contribution in [0.2, 0.25) is 0 Å². The predicted molar refractivity (Wildman–Crippen MR) is 75.0 cm³/mol. The summed E-state index contributed by atoms with van der Waals surface area (Å²) in [6, 6.07) is 8.83. The molecule has 100 valence electrons. The van der Waals surface area contributed by atoms with Crippen LogP contribution < -0.4 is 10.1 Å². The number of methoxy groups -OCH3 is 1. The molecule has 1 aliphatic rings. The van der Waals surface area contributed by atoms with E-state index in [9.17, 15) is 0 Å². The summed E-state index contributed by atoms with van der Waals surface area (Å²) in [5.74, 6) is 0.971. The number of nitrogens with one attached hydrogen (secondary N) is 1. The number of hydrogen-bond acceptors (Lipinski definition) is 3. The van der Waals surface area contributed by atoms with Crippen LogP contribution in [0.4, 0.5) is 0 Å². The van der Waals surface area contributed by atoms with E-state index in [-0.39, 0.29) is 0 Å². The SMILES string of the molecule is COc1ccccc1CNCC(C)N1CCCC1. The molecule has 1 saturated heterocycles. The molecule has 1 fully saturated rings. The zero-order valence-corrected chi connectivity index (χ0v) is 11.5. The molecule has 0 radical (unpaired) electrons. The first-order valence-electron chi connectivity index (χ1n) is 6.88. The molecule has 1 aromatic carbocycles. The lowest BCUT2D eigenvalue weighted by Crippen LogP contribution is -2.38. The largest absolute Gasteiger partial charge is 0.496 e. The fourth-order valence-corrected chi connectivity index (χ4v) is 2.58. The number of nitrogens with zero attached hydrogens (tertiary/aromatic N) is 1. The topological polar surface area (TPSA) is 24.5 Å². The second kappa shape index (κ2) is 6.76. The fraction of sp³-hybridized carbons (Fsp3) is 0.600. The molecule has 2 rings (SSSR count). The van der Waals surface area contributed by atoms with Crippen LogP contribution >= 0.6 is 0 Å². The maximum absolute atomic E-state index is 5.35. The molecule has 1 unspecified atom stereocenters. The minimum atomic E-state index is 0.627. The van der Waals surface area contributed by atoms with Gasteiger partial charge < -0.3 is 10.1 Å². The Labute approximate surface area is 110 Å². The molecule has 0 saturated carbocycles. The molecule has 0 spiro atoms. The molecule has 0 aliphatic carbocycles. The molecular formula is C15H24N2O. The third-order valence-electron chi connectivity index (χ3n) is 3.71. The zero-order chi connectivity index (χ0) is 12.8. The van der Waals surface area contributed by atoms with Crippen LogP contribution in [0.1, 0.15) is 25.3 Å². The van der Waals surface area contributed by atoms with Crippen LogP contribution in [0.25, 0.3) is 0 Å². The van der Waals surface area contributed by atoms with Crippen molar-refractivity contribution in [2.75, 3.05) is 26.7 Å². The van der Waals surface area contributed by atoms with Gasteiger partial charge >= 0.3 is 0 Å². The van der Waals surface area contributed by atoms with Crippen molar-refractivity contribution in [2.24, 2.45) is 0 Å². The molecule has 0 aromatic heterocycles. The molecule has 18 heavy (non-hydrogen) atoms. The van der Waals surface area contributed by atoms with Gasteiger partial charge in [-0.25, -0.2) is 0 Å². The molecule has 0 amide bonds. The second-order valence-electron chi connectivity index (χ2n) is 5.03. The number of rotatable bonds is 6. The maximum Gasteiger partial charge on any atom is 0.123 e. The van der Waals surface area contributed by atoms with Gasteiger partial charge in [0.1, 0.15) is 5.75 Å². The van der Waals surface area contributed by atoms with Gasteiger partial charge in [0.15, 0.2) is 0 Å². The van der Waals surface area contributed by atoms with Gasteiger partial charge in [0.05, 0.1) is 7.11 Å². The Morgan fingerprint density at radius 2 is 2.00 bits per heavy atom. The molecule has 1 heterocycles. The smallest absolute Gasteiger partial charge is 0.123 e. The summed E-state index contributed by atoms with van der Waals surface area (Å²) in [6.45, 7) is 6.75. The van der Waals surface area contributed by atoms with Gasteiger partial charge in [0, 0.05) is 24.7 Å². The Hall–Kier alpha value is -1.06. The highest BCUT2D eigenvalue weighted by molar-refractivity contribution is 5.32. The maximum atomic E-state index is 5.35. The van der Waals surface area contributed by atoms with E-state index in [1.54, 1.807) is 7.11 Å². The molecular weight excluding hydrogens is 224 g/mol. The number of likely N-dealkylation sites (tertiary alicyclic amines) is 1. The summed E-state index contributed by atoms with van der Waals surface area (Å²) >= 11 is 0. The molecule has 1 N–H and O–H groups in total. The highest BCUT2D eigenvalue weighted by Gasteiger charge is 2.17. The van der Waals surface area contributed by atoms with Crippen molar-refractivity contribution in [3.8, 4) is 5.75 Å². The first-order chi connectivity index (χ1) is 8.81. The van der Waals surface area contributed by atoms with Crippen LogP contribution in [0, 0.1) is 0 Å². The molecule has 3 nitrogen and oxygen atoms in total. The molecule has 0 bridgehead atoms. The number of benzene rings is 1. The van der Waals surface area contributed by atoms with E-state index in [4.69, 9.17) is 4.74 Å². The van der Waals surface area contributed by atoms with E-state index in [2.05, 4.69) is 29.3 Å². The van der Waals surface area contributed by atoms with Crippen LogP contribution in [0.15, 0.2) is 24.3 Å². The van der Waals surface area contributed by atoms with E-state index >= 15 is 0 Å². The number of hydrogen-bond donors (Lipinski definition) is 1. The average molecular weight is 248 g/mol. The van der Waals surface area contributed by atoms with Gasteiger partial charge in [-0.2, -0.15) is 0 Å². The van der Waals surface area contributed by atoms with Gasteiger partial charge in [-0.15, -0.1) is 0 Å². The Balaban J connectivity index is 1.77. The monoisotopic (exact) mass is 248 g/mol. The quantitative estimate of drug-likeness (QED) is 0.836. The van der Waals surface area contributed by atoms with Crippen LogP contribution in [0.5, 0.6) is 5.75 Å². The minimum Gasteiger partial charge on any atom is -0.496 e. The first kappa shape index (κ1) is 13.4. The zero-order valence-electron chi connectivity index (χ0n) is 11.5. The van der Waals surface area contributed by atoms with Gasteiger partial charge in [0.2, 0.25) is 0 Å². The van der Waals surface area contributed by atoms with Crippen LogP contribution in [0.3, 0.4) is 0 Å². The second-order valence-corrected chi connectivity index (χ2v) is 5.03. The Morgan fingerprint density at radius 3 is 2.72 bits per heavy atom. The number of ether oxygens (including phenoxy) is 1. The van der Waals surface area contributed by atoms with Crippen molar-refractivity contribution in [3.05, 3.63) is 29.8 Å². The lowest BCUT2D eigenvalue weighted by Gasteiger charge is -2.24. The summed E-state index contributed by atoms with van der Waals surface area (Å²) in [5.41, 5.74) is 1.23. The minimum absolute atomic E-state index is 0.627. The lowest BCUT2D eigenvalue weighted by atomic mass is 10.2. The summed E-state index contributed by atoms with van der Waals surface area (Å²) in [5, 5.41) is 3.53. The van der Waals surface area contributed by atoms with E-state index < -0.39 is 0 Å². The summed E-state index contributed by atoms with van der Waals surface area (Å²) in [4.78, 5) is 2.56. The van der Waals surface area contributed by atoms with Gasteiger partial charge in [-0.3, -0.25) is 4.90 Å². The lowest BCUT2D eigenvalue weighted by molar-refractivity contribution is 0.251. The fourth-order valence-electron chi connectivity index (χ4n) is 2.58. The highest BCUT2D eigenvalue weighted by Crippen LogP contribution is 2.17. The van der Waals surface area contributed by atoms with Gasteiger partial charge in [-0.1, -0.05) is 18.2 Å². The van der Waals surface area contributed by atoms with Gasteiger partial charge in [-0.05, 0) is 38.9 Å². The Bertz CT molecular complexity index is 361. The van der Waals surface area contributed by atoms with Crippen LogP contribution in [-0.4, -0.2) is 37.7 Å². The van der Waals surface area contributed by atoms with Crippen molar-refractivity contribution in [1.29, 1.82) is 0 Å². The van der Waals surface area contributed by atoms with Crippen LogP contribution in [-0.2, 0) is 6.54 Å². The van der Waals surface area contributed by atoms with Crippen molar-refractivity contribution in [3.63, 3.8) is 0 Å². The van der Waals surface area contributed by atoms with Crippen molar-refractivity contribution in [1.82, 2.24) is 10.2 Å². The van der Waals surface area contributed by atoms with E-state index in [1.165, 1.54) is 31.5 Å². The van der Waals surface area contributed by atoms with Gasteiger partial charge in [0.25, 0.3) is 0 Å². The first-order valence-corrected chi connectivity index (χ1v) is 6.88. The van der Waals surface area contributed by atoms with E-state index in [0.29, 0.717) is 6.04 Å².